The molecule has 1 amide bonds. The minimum Gasteiger partial charge on any atom is -0.296 e. The van der Waals surface area contributed by atoms with Crippen LogP contribution in [-0.4, -0.2) is 20.7 Å². The highest BCUT2D eigenvalue weighted by Gasteiger charge is 2.15. The highest BCUT2D eigenvalue weighted by Crippen LogP contribution is 2.28. The molecule has 0 aliphatic heterocycles. The van der Waals surface area contributed by atoms with E-state index in [1.54, 1.807) is 6.07 Å². The van der Waals surface area contributed by atoms with E-state index >= 15 is 0 Å². The topological polar surface area (TPSA) is 59.8 Å². The van der Waals surface area contributed by atoms with E-state index in [2.05, 4.69) is 15.4 Å². The second kappa shape index (κ2) is 5.21. The zero-order chi connectivity index (χ0) is 15.0. The molecule has 3 aromatic rings. The summed E-state index contributed by atoms with van der Waals surface area (Å²) in [5.41, 5.74) is 0.420. The number of halogens is 2. The van der Waals surface area contributed by atoms with Gasteiger partial charge in [0, 0.05) is 18.8 Å². The summed E-state index contributed by atoms with van der Waals surface area (Å²) in [5, 5.41) is 6.78. The van der Waals surface area contributed by atoms with Gasteiger partial charge in [0.15, 0.2) is 10.9 Å². The summed E-state index contributed by atoms with van der Waals surface area (Å²) in [6, 6.07) is 3.52. The van der Waals surface area contributed by atoms with Crippen LogP contribution in [0.15, 0.2) is 24.4 Å². The quantitative estimate of drug-likeness (QED) is 0.809. The third-order valence-corrected chi connectivity index (χ3v) is 3.80. The first kappa shape index (κ1) is 13.6. The standard InChI is InChI=1S/C13H10F2N4OS/c1-2-19-9(3-4-16-19)12(20)18-13-17-11-8(15)5-7(14)6-10(11)21-13/h3-6H,2H2,1H3,(H,17,18,20). The molecule has 5 nitrogen and oxygen atoms in total. The number of benzene rings is 1. The van der Waals surface area contributed by atoms with E-state index in [1.165, 1.54) is 16.9 Å². The van der Waals surface area contributed by atoms with Gasteiger partial charge in [-0.25, -0.2) is 13.8 Å². The fraction of sp³-hybridized carbons (Fsp3) is 0.154. The summed E-state index contributed by atoms with van der Waals surface area (Å²) in [5.74, 6) is -1.82. The predicted octanol–water partition coefficient (Wildman–Crippen LogP) is 3.04. The van der Waals surface area contributed by atoms with Gasteiger partial charge in [-0.2, -0.15) is 5.10 Å². The number of hydrogen-bond acceptors (Lipinski definition) is 4. The molecule has 108 valence electrons. The third kappa shape index (κ3) is 2.49. The zero-order valence-corrected chi connectivity index (χ0v) is 11.7. The molecule has 0 saturated carbocycles. The Morgan fingerprint density at radius 3 is 3.00 bits per heavy atom. The van der Waals surface area contributed by atoms with Crippen molar-refractivity contribution in [3.63, 3.8) is 0 Å². The molecule has 0 radical (unpaired) electrons. The average molecular weight is 308 g/mol. The molecule has 0 spiro atoms. The van der Waals surface area contributed by atoms with E-state index in [0.717, 1.165) is 17.4 Å². The third-order valence-electron chi connectivity index (χ3n) is 2.88. The lowest BCUT2D eigenvalue weighted by molar-refractivity contribution is 0.101. The van der Waals surface area contributed by atoms with Crippen LogP contribution in [0.1, 0.15) is 17.4 Å². The molecule has 0 fully saturated rings. The van der Waals surface area contributed by atoms with E-state index in [-0.39, 0.29) is 10.6 Å². The molecule has 1 N–H and O–H groups in total. The van der Waals surface area contributed by atoms with E-state index in [4.69, 9.17) is 0 Å². The summed E-state index contributed by atoms with van der Waals surface area (Å²) in [6.07, 6.45) is 1.52. The molecule has 0 aliphatic carbocycles. The minimum atomic E-state index is -0.750. The fourth-order valence-corrected chi connectivity index (χ4v) is 2.85. The van der Waals surface area contributed by atoms with E-state index < -0.39 is 17.5 Å². The molecule has 8 heteroatoms. The molecule has 21 heavy (non-hydrogen) atoms. The van der Waals surface area contributed by atoms with Gasteiger partial charge in [-0.05, 0) is 19.1 Å². The second-order valence-corrected chi connectivity index (χ2v) is 5.27. The molecule has 0 saturated heterocycles. The van der Waals surface area contributed by atoms with Gasteiger partial charge in [0.25, 0.3) is 5.91 Å². The SMILES string of the molecule is CCn1nccc1C(=O)Nc1nc2c(F)cc(F)cc2s1. The van der Waals surface area contributed by atoms with Gasteiger partial charge in [0.1, 0.15) is 17.0 Å². The highest BCUT2D eigenvalue weighted by molar-refractivity contribution is 7.22. The van der Waals surface area contributed by atoms with E-state index in [1.807, 2.05) is 6.92 Å². The van der Waals surface area contributed by atoms with Crippen molar-refractivity contribution in [2.75, 3.05) is 5.32 Å². The molecular weight excluding hydrogens is 298 g/mol. The Bertz CT molecular complexity index is 827. The number of carbonyl (C=O) groups is 1. The predicted molar refractivity (Wildman–Crippen MR) is 75.4 cm³/mol. The normalized spacial score (nSPS) is 11.0. The van der Waals surface area contributed by atoms with Gasteiger partial charge in [0.2, 0.25) is 0 Å². The van der Waals surface area contributed by atoms with Crippen molar-refractivity contribution in [3.8, 4) is 0 Å². The molecule has 1 aromatic carbocycles. The van der Waals surface area contributed by atoms with Gasteiger partial charge >= 0.3 is 0 Å². The Hall–Kier alpha value is -2.35. The summed E-state index contributed by atoms with van der Waals surface area (Å²) in [7, 11) is 0. The number of rotatable bonds is 3. The first-order valence-electron chi connectivity index (χ1n) is 6.17. The summed E-state index contributed by atoms with van der Waals surface area (Å²) in [4.78, 5) is 16.1. The van der Waals surface area contributed by atoms with Crippen LogP contribution >= 0.6 is 11.3 Å². The van der Waals surface area contributed by atoms with Crippen molar-refractivity contribution in [2.45, 2.75) is 13.5 Å². The number of nitrogens with zero attached hydrogens (tertiary/aromatic N) is 3. The van der Waals surface area contributed by atoms with Crippen LogP contribution in [0.25, 0.3) is 10.2 Å². The molecule has 2 aromatic heterocycles. The lowest BCUT2D eigenvalue weighted by Crippen LogP contribution is -2.17. The summed E-state index contributed by atoms with van der Waals surface area (Å²) >= 11 is 1.01. The maximum atomic E-state index is 13.6. The Kier molecular flexibility index (Phi) is 3.38. The number of thiazole rings is 1. The number of anilines is 1. The Morgan fingerprint density at radius 2 is 2.24 bits per heavy atom. The Morgan fingerprint density at radius 1 is 1.43 bits per heavy atom. The fourth-order valence-electron chi connectivity index (χ4n) is 1.95. The van der Waals surface area contributed by atoms with E-state index in [0.29, 0.717) is 16.9 Å². The average Bonchev–Trinajstić information content (AvgIpc) is 3.04. The highest BCUT2D eigenvalue weighted by atomic mass is 32.1. The van der Waals surface area contributed by atoms with E-state index in [9.17, 15) is 13.6 Å². The van der Waals surface area contributed by atoms with Crippen LogP contribution < -0.4 is 5.32 Å². The lowest BCUT2D eigenvalue weighted by Gasteiger charge is -2.03. The number of hydrogen-bond donors (Lipinski definition) is 1. The van der Waals surface area contributed by atoms with Crippen molar-refractivity contribution in [3.05, 3.63) is 41.7 Å². The minimum absolute atomic E-state index is 0.0423. The molecule has 0 atom stereocenters. The molecule has 3 rings (SSSR count). The number of aromatic nitrogens is 3. The molecule has 0 unspecified atom stereocenters. The smallest absolute Gasteiger partial charge is 0.275 e. The maximum absolute atomic E-state index is 13.6. The van der Waals surface area contributed by atoms with Gasteiger partial charge < -0.3 is 0 Å². The monoisotopic (exact) mass is 308 g/mol. The van der Waals surface area contributed by atoms with Crippen molar-refractivity contribution in [1.82, 2.24) is 14.8 Å². The number of carbonyl (C=O) groups excluding carboxylic acids is 1. The first-order chi connectivity index (χ1) is 10.1. The van der Waals surface area contributed by atoms with Crippen molar-refractivity contribution in [1.29, 1.82) is 0 Å². The van der Waals surface area contributed by atoms with Gasteiger partial charge in [-0.1, -0.05) is 11.3 Å². The largest absolute Gasteiger partial charge is 0.296 e. The van der Waals surface area contributed by atoms with Crippen LogP contribution in [0.4, 0.5) is 13.9 Å². The van der Waals surface area contributed by atoms with Crippen LogP contribution in [-0.2, 0) is 6.54 Å². The number of nitrogens with one attached hydrogen (secondary N) is 1. The van der Waals surface area contributed by atoms with Gasteiger partial charge in [-0.15, -0.1) is 0 Å². The van der Waals surface area contributed by atoms with Crippen LogP contribution in [0.3, 0.4) is 0 Å². The number of fused-ring (bicyclic) bond motifs is 1. The molecule has 2 heterocycles. The van der Waals surface area contributed by atoms with Gasteiger partial charge in [0.05, 0.1) is 4.70 Å². The number of amides is 1. The first-order valence-corrected chi connectivity index (χ1v) is 6.99. The summed E-state index contributed by atoms with van der Waals surface area (Å²) < 4.78 is 28.6. The molecule has 0 aliphatic rings. The van der Waals surface area contributed by atoms with Crippen LogP contribution in [0.2, 0.25) is 0 Å². The van der Waals surface area contributed by atoms with Crippen molar-refractivity contribution < 1.29 is 13.6 Å². The van der Waals surface area contributed by atoms with Crippen molar-refractivity contribution in [2.24, 2.45) is 0 Å². The molecular formula is C13H10F2N4OS. The second-order valence-electron chi connectivity index (χ2n) is 4.24. The number of aryl methyl sites for hydroxylation is 1. The lowest BCUT2D eigenvalue weighted by atomic mass is 10.3. The van der Waals surface area contributed by atoms with Crippen molar-refractivity contribution >= 4 is 32.6 Å². The van der Waals surface area contributed by atoms with Gasteiger partial charge in [-0.3, -0.25) is 14.8 Å². The van der Waals surface area contributed by atoms with Crippen LogP contribution in [0.5, 0.6) is 0 Å². The molecule has 0 bridgehead atoms. The Labute approximate surface area is 122 Å². The maximum Gasteiger partial charge on any atom is 0.275 e. The summed E-state index contributed by atoms with van der Waals surface area (Å²) in [6.45, 7) is 2.41. The van der Waals surface area contributed by atoms with Crippen LogP contribution in [0, 0.1) is 11.6 Å². The Balaban J connectivity index is 1.92. The zero-order valence-electron chi connectivity index (χ0n) is 10.9.